The summed E-state index contributed by atoms with van der Waals surface area (Å²) >= 11 is 5.87. The lowest BCUT2D eigenvalue weighted by Crippen LogP contribution is -2.37. The maximum Gasteiger partial charge on any atom is 0.343 e. The maximum atomic E-state index is 12.3. The zero-order chi connectivity index (χ0) is 26.2. The molecular formula is C27H24ClN7O3. The van der Waals surface area contributed by atoms with Crippen LogP contribution in [-0.2, 0) is 4.74 Å². The fourth-order valence-electron chi connectivity index (χ4n) is 3.56. The molecule has 1 saturated heterocycles. The van der Waals surface area contributed by atoms with Gasteiger partial charge in [0.05, 0.1) is 25.0 Å². The highest BCUT2D eigenvalue weighted by atomic mass is 35.5. The van der Waals surface area contributed by atoms with Crippen LogP contribution in [0.15, 0.2) is 84.0 Å². The second-order valence-electron chi connectivity index (χ2n) is 8.21. The smallest absolute Gasteiger partial charge is 0.343 e. The van der Waals surface area contributed by atoms with E-state index in [0.29, 0.717) is 60.5 Å². The van der Waals surface area contributed by atoms with Gasteiger partial charge in [0.2, 0.25) is 17.8 Å². The summed E-state index contributed by atoms with van der Waals surface area (Å²) in [5.41, 5.74) is 4.95. The van der Waals surface area contributed by atoms with Crippen molar-refractivity contribution in [3.63, 3.8) is 0 Å². The average Bonchev–Trinajstić information content (AvgIpc) is 2.95. The van der Waals surface area contributed by atoms with E-state index in [2.05, 4.69) is 30.8 Å². The van der Waals surface area contributed by atoms with Crippen molar-refractivity contribution in [2.45, 2.75) is 0 Å². The van der Waals surface area contributed by atoms with Gasteiger partial charge in [0.15, 0.2) is 0 Å². The molecule has 1 fully saturated rings. The summed E-state index contributed by atoms with van der Waals surface area (Å²) in [6, 6.07) is 23.1. The van der Waals surface area contributed by atoms with Gasteiger partial charge >= 0.3 is 5.97 Å². The van der Waals surface area contributed by atoms with E-state index in [1.54, 1.807) is 54.7 Å². The molecule has 11 heteroatoms. The maximum absolute atomic E-state index is 12.3. The number of rotatable bonds is 8. The number of para-hydroxylation sites is 1. The van der Waals surface area contributed by atoms with Crippen LogP contribution in [0.2, 0.25) is 5.02 Å². The Morgan fingerprint density at radius 3 is 2.37 bits per heavy atom. The minimum Gasteiger partial charge on any atom is -0.423 e. The van der Waals surface area contributed by atoms with E-state index in [1.807, 2.05) is 35.2 Å². The second kappa shape index (κ2) is 12.1. The zero-order valence-electron chi connectivity index (χ0n) is 20.3. The van der Waals surface area contributed by atoms with Crippen LogP contribution < -0.4 is 20.4 Å². The van der Waals surface area contributed by atoms with E-state index in [9.17, 15) is 4.79 Å². The lowest BCUT2D eigenvalue weighted by Gasteiger charge is -2.27. The Hall–Kier alpha value is -4.54. The molecule has 2 heterocycles. The molecule has 0 unspecified atom stereocenters. The number of nitrogens with zero attached hydrogens (tertiary/aromatic N) is 5. The van der Waals surface area contributed by atoms with Gasteiger partial charge in [0.1, 0.15) is 5.75 Å². The number of morpholine rings is 1. The number of benzene rings is 3. The van der Waals surface area contributed by atoms with Crippen LogP contribution in [0.4, 0.5) is 23.5 Å². The number of halogens is 1. The number of hydrogen-bond donors (Lipinski definition) is 2. The van der Waals surface area contributed by atoms with Crippen molar-refractivity contribution < 1.29 is 14.3 Å². The second-order valence-corrected chi connectivity index (χ2v) is 8.64. The van der Waals surface area contributed by atoms with Gasteiger partial charge in [-0.05, 0) is 66.2 Å². The summed E-state index contributed by atoms with van der Waals surface area (Å²) in [5, 5.41) is 8.03. The third-order valence-corrected chi connectivity index (χ3v) is 5.75. The van der Waals surface area contributed by atoms with Crippen molar-refractivity contribution in [2.75, 3.05) is 41.9 Å². The first-order valence-electron chi connectivity index (χ1n) is 11.9. The Bertz CT molecular complexity index is 1390. The predicted octanol–water partition coefficient (Wildman–Crippen LogP) is 4.77. The molecule has 0 saturated carbocycles. The molecule has 4 aromatic rings. The quantitative estimate of drug-likeness (QED) is 0.144. The van der Waals surface area contributed by atoms with Crippen molar-refractivity contribution in [3.8, 4) is 5.75 Å². The lowest BCUT2D eigenvalue weighted by molar-refractivity contribution is 0.0734. The summed E-state index contributed by atoms with van der Waals surface area (Å²) in [4.78, 5) is 27.9. The first-order chi connectivity index (χ1) is 18.6. The highest BCUT2D eigenvalue weighted by Crippen LogP contribution is 2.19. The van der Waals surface area contributed by atoms with Crippen molar-refractivity contribution in [3.05, 3.63) is 95.0 Å². The van der Waals surface area contributed by atoms with Crippen LogP contribution in [0.1, 0.15) is 15.9 Å². The van der Waals surface area contributed by atoms with Crippen LogP contribution >= 0.6 is 11.6 Å². The van der Waals surface area contributed by atoms with E-state index in [-0.39, 0.29) is 0 Å². The number of esters is 1. The van der Waals surface area contributed by atoms with Crippen LogP contribution in [0.25, 0.3) is 0 Å². The molecule has 0 bridgehead atoms. The number of carbonyl (C=O) groups excluding carboxylic acids is 1. The molecule has 1 aromatic heterocycles. The van der Waals surface area contributed by atoms with Gasteiger partial charge in [-0.25, -0.2) is 10.2 Å². The molecule has 38 heavy (non-hydrogen) atoms. The monoisotopic (exact) mass is 529 g/mol. The number of carbonyl (C=O) groups is 1. The number of anilines is 4. The Labute approximate surface area is 224 Å². The van der Waals surface area contributed by atoms with E-state index < -0.39 is 5.97 Å². The van der Waals surface area contributed by atoms with Crippen molar-refractivity contribution in [1.29, 1.82) is 0 Å². The third kappa shape index (κ3) is 6.81. The Kier molecular flexibility index (Phi) is 8.02. The van der Waals surface area contributed by atoms with Gasteiger partial charge in [-0.3, -0.25) is 0 Å². The van der Waals surface area contributed by atoms with Gasteiger partial charge < -0.3 is 19.7 Å². The highest BCUT2D eigenvalue weighted by molar-refractivity contribution is 6.30. The van der Waals surface area contributed by atoms with Gasteiger partial charge in [-0.15, -0.1) is 0 Å². The highest BCUT2D eigenvalue weighted by Gasteiger charge is 2.17. The molecule has 192 valence electrons. The molecule has 0 spiro atoms. The van der Waals surface area contributed by atoms with Crippen LogP contribution in [-0.4, -0.2) is 53.4 Å². The number of aromatic nitrogens is 3. The molecule has 2 N–H and O–H groups in total. The SMILES string of the molecule is O=C(Oc1ccc(/C=N/Nc2nc(Nc3ccccc3)nc(N3CCOCC3)n2)cc1)c1ccc(Cl)cc1. The zero-order valence-corrected chi connectivity index (χ0v) is 21.0. The van der Waals surface area contributed by atoms with E-state index in [4.69, 9.17) is 21.1 Å². The van der Waals surface area contributed by atoms with E-state index in [1.165, 1.54) is 0 Å². The summed E-state index contributed by atoms with van der Waals surface area (Å²) in [6.45, 7) is 2.59. The summed E-state index contributed by atoms with van der Waals surface area (Å²) in [6.07, 6.45) is 1.62. The predicted molar refractivity (Wildman–Crippen MR) is 147 cm³/mol. The summed E-state index contributed by atoms with van der Waals surface area (Å²) in [5.74, 6) is 1.18. The van der Waals surface area contributed by atoms with Crippen LogP contribution in [0.5, 0.6) is 5.75 Å². The Balaban J connectivity index is 1.25. The Morgan fingerprint density at radius 2 is 1.63 bits per heavy atom. The van der Waals surface area contributed by atoms with Crippen molar-refractivity contribution in [1.82, 2.24) is 15.0 Å². The molecule has 5 rings (SSSR count). The molecular weight excluding hydrogens is 506 g/mol. The summed E-state index contributed by atoms with van der Waals surface area (Å²) < 4.78 is 10.9. The normalized spacial score (nSPS) is 13.3. The molecule has 1 aliphatic rings. The van der Waals surface area contributed by atoms with Crippen LogP contribution in [0, 0.1) is 0 Å². The first kappa shape index (κ1) is 25.1. The molecule has 10 nitrogen and oxygen atoms in total. The lowest BCUT2D eigenvalue weighted by atomic mass is 10.2. The van der Waals surface area contributed by atoms with E-state index >= 15 is 0 Å². The molecule has 0 amide bonds. The van der Waals surface area contributed by atoms with Gasteiger partial charge in [0, 0.05) is 23.8 Å². The number of ether oxygens (including phenoxy) is 2. The molecule has 3 aromatic carbocycles. The fraction of sp³-hybridized carbons (Fsp3) is 0.148. The minimum atomic E-state index is -0.462. The van der Waals surface area contributed by atoms with Crippen molar-refractivity contribution >= 4 is 47.3 Å². The standard InChI is InChI=1S/C27H24ClN7O3/c28-21-10-8-20(9-11-21)24(36)38-23-12-6-19(7-13-23)18-29-34-26-31-25(30-22-4-2-1-3-5-22)32-27(33-26)35-14-16-37-17-15-35/h1-13,18H,14-17H2,(H2,30,31,32,33,34)/b29-18+. The largest absolute Gasteiger partial charge is 0.423 e. The molecule has 1 aliphatic heterocycles. The number of nitrogens with one attached hydrogen (secondary N) is 2. The molecule has 0 aliphatic carbocycles. The van der Waals surface area contributed by atoms with Gasteiger partial charge in [-0.1, -0.05) is 29.8 Å². The third-order valence-electron chi connectivity index (χ3n) is 5.50. The first-order valence-corrected chi connectivity index (χ1v) is 12.3. The van der Waals surface area contributed by atoms with Gasteiger partial charge in [-0.2, -0.15) is 20.1 Å². The average molecular weight is 530 g/mol. The molecule has 0 atom stereocenters. The van der Waals surface area contributed by atoms with Crippen molar-refractivity contribution in [2.24, 2.45) is 5.10 Å². The fourth-order valence-corrected chi connectivity index (χ4v) is 3.69. The Morgan fingerprint density at radius 1 is 0.921 bits per heavy atom. The number of hydrazone groups is 1. The van der Waals surface area contributed by atoms with Crippen LogP contribution in [0.3, 0.4) is 0 Å². The number of hydrogen-bond acceptors (Lipinski definition) is 10. The minimum absolute atomic E-state index is 0.296. The van der Waals surface area contributed by atoms with Gasteiger partial charge in [0.25, 0.3) is 0 Å². The topological polar surface area (TPSA) is 114 Å². The van der Waals surface area contributed by atoms with E-state index in [0.717, 1.165) is 11.3 Å². The molecule has 0 radical (unpaired) electrons. The summed E-state index contributed by atoms with van der Waals surface area (Å²) in [7, 11) is 0.